The first kappa shape index (κ1) is 60.3. The van der Waals surface area contributed by atoms with Crippen LogP contribution in [0.3, 0.4) is 0 Å². The molecule has 0 aliphatic carbocycles. The smallest absolute Gasteiger partial charge is 0.329 e. The number of hydrogen-bond donors (Lipinski definition) is 9. The van der Waals surface area contributed by atoms with Crippen LogP contribution in [-0.4, -0.2) is 145 Å². The Morgan fingerprint density at radius 1 is 0.701 bits per heavy atom. The highest BCUT2D eigenvalue weighted by atomic mass is 16.5. The summed E-state index contributed by atoms with van der Waals surface area (Å²) in [5.41, 5.74) is 1.47. The molecule has 418 valence electrons. The number of likely N-dealkylation sites (N-methyl/N-ethyl adjacent to an activating group) is 1. The van der Waals surface area contributed by atoms with Crippen LogP contribution in [0.4, 0.5) is 0 Å². The second-order valence-electron chi connectivity index (χ2n) is 20.3. The number of cyclic esters (lactones) is 1. The number of aromatic hydroxyl groups is 2. The van der Waals surface area contributed by atoms with Crippen molar-refractivity contribution in [3.05, 3.63) is 95.6 Å². The first-order valence-electron chi connectivity index (χ1n) is 26.5. The van der Waals surface area contributed by atoms with E-state index in [9.17, 15) is 58.8 Å². The largest absolute Gasteiger partial charge is 0.508 e. The monoisotopic (exact) mass is 1070 g/mol. The molecule has 2 aliphatic heterocycles. The molecule has 2 aliphatic rings. The van der Waals surface area contributed by atoms with Crippen LogP contribution in [0, 0.1) is 5.92 Å². The van der Waals surface area contributed by atoms with Crippen LogP contribution in [0.25, 0.3) is 0 Å². The summed E-state index contributed by atoms with van der Waals surface area (Å²) in [6, 6.07) is 9.18. The maximum absolute atomic E-state index is 15.1. The zero-order valence-corrected chi connectivity index (χ0v) is 44.4. The normalized spacial score (nSPS) is 23.3. The van der Waals surface area contributed by atoms with Gasteiger partial charge in [-0.1, -0.05) is 114 Å². The van der Waals surface area contributed by atoms with Gasteiger partial charge in [0.1, 0.15) is 66.1 Å². The molecule has 21 heteroatoms. The summed E-state index contributed by atoms with van der Waals surface area (Å²) in [6.45, 7) is 6.54. The van der Waals surface area contributed by atoms with Gasteiger partial charge in [-0.3, -0.25) is 38.4 Å². The van der Waals surface area contributed by atoms with Crippen LogP contribution in [-0.2, 0) is 67.2 Å². The predicted molar refractivity (Wildman–Crippen MR) is 281 cm³/mol. The van der Waals surface area contributed by atoms with E-state index in [1.807, 2.05) is 0 Å². The Kier molecular flexibility index (Phi) is 22.8. The number of carbonyl (C=O) groups excluding carboxylic acids is 8. The molecule has 7 amide bonds. The van der Waals surface area contributed by atoms with Crippen molar-refractivity contribution in [2.75, 3.05) is 7.05 Å². The van der Waals surface area contributed by atoms with Crippen LogP contribution in [0.15, 0.2) is 78.9 Å². The topological polar surface area (TPSA) is 310 Å². The van der Waals surface area contributed by atoms with Crippen molar-refractivity contribution in [3.8, 4) is 11.5 Å². The Hall–Kier alpha value is -7.55. The minimum absolute atomic E-state index is 0.0148. The summed E-state index contributed by atoms with van der Waals surface area (Å²) in [7, 11) is 1.34. The fourth-order valence-electron chi connectivity index (χ4n) is 9.42. The Bertz CT molecular complexity index is 2510. The number of aliphatic hydroxyl groups excluding tert-OH is 1. The molecule has 9 atom stereocenters. The zero-order chi connectivity index (χ0) is 56.3. The number of rotatable bonds is 20. The maximum atomic E-state index is 15.1. The number of hydrogen-bond acceptors (Lipinski definition) is 13. The van der Waals surface area contributed by atoms with Crippen molar-refractivity contribution in [2.45, 2.75) is 172 Å². The molecule has 0 radical (unpaired) electrons. The van der Waals surface area contributed by atoms with Crippen LogP contribution in [0.1, 0.15) is 115 Å². The van der Waals surface area contributed by atoms with Crippen molar-refractivity contribution in [3.63, 3.8) is 0 Å². The first-order chi connectivity index (χ1) is 36.7. The Morgan fingerprint density at radius 2 is 1.27 bits per heavy atom. The number of aliphatic hydroxyl groups is 1. The van der Waals surface area contributed by atoms with Crippen LogP contribution >= 0.6 is 0 Å². The Balaban J connectivity index is 1.59. The second-order valence-corrected chi connectivity index (χ2v) is 20.3. The van der Waals surface area contributed by atoms with E-state index in [1.54, 1.807) is 44.2 Å². The lowest BCUT2D eigenvalue weighted by Crippen LogP contribution is -2.65. The third-order valence-corrected chi connectivity index (χ3v) is 13.9. The first-order valence-corrected chi connectivity index (χ1v) is 26.5. The number of ether oxygens (including phenoxy) is 1. The van der Waals surface area contributed by atoms with E-state index in [2.05, 4.69) is 33.5 Å². The molecule has 0 saturated carbocycles. The van der Waals surface area contributed by atoms with Crippen molar-refractivity contribution in [1.82, 2.24) is 36.4 Å². The lowest BCUT2D eigenvalue weighted by molar-refractivity contribution is -0.165. The number of unbranched alkanes of at least 4 members (excludes halogenated alkanes) is 6. The molecule has 2 fully saturated rings. The molecule has 0 spiro atoms. The highest BCUT2D eigenvalue weighted by Crippen LogP contribution is 2.26. The number of nitrogens with zero attached hydrogens (tertiary/aromatic N) is 2. The molecule has 2 heterocycles. The second kappa shape index (κ2) is 29.1. The number of carboxylic acids is 1. The minimum Gasteiger partial charge on any atom is -0.508 e. The summed E-state index contributed by atoms with van der Waals surface area (Å²) in [5.74, 6) is -9.76. The fraction of sp³-hybridized carbons (Fsp3) is 0.518. The molecule has 2 bridgehead atoms. The molecule has 3 aromatic rings. The number of nitrogens with one attached hydrogen (secondary N) is 5. The lowest BCUT2D eigenvalue weighted by atomic mass is 9.95. The molecule has 21 nitrogen and oxygen atoms in total. The predicted octanol–water partition coefficient (Wildman–Crippen LogP) is 2.90. The molecule has 3 aromatic carbocycles. The van der Waals surface area contributed by atoms with Crippen LogP contribution in [0.5, 0.6) is 11.5 Å². The number of carbonyl (C=O) groups is 9. The van der Waals surface area contributed by atoms with Gasteiger partial charge in [-0.05, 0) is 73.1 Å². The summed E-state index contributed by atoms with van der Waals surface area (Å²) >= 11 is 0. The number of phenols is 2. The van der Waals surface area contributed by atoms with Crippen molar-refractivity contribution in [1.29, 1.82) is 0 Å². The maximum Gasteiger partial charge on any atom is 0.329 e. The highest BCUT2D eigenvalue weighted by Gasteiger charge is 2.46. The zero-order valence-electron chi connectivity index (χ0n) is 44.4. The number of fused-ring (bicyclic) bond motifs is 2. The number of benzene rings is 3. The lowest BCUT2D eigenvalue weighted by Gasteiger charge is -2.43. The number of phenolic OH excluding ortho intramolecular Hbond substituents is 2. The van der Waals surface area contributed by atoms with E-state index < -0.39 is 120 Å². The molecular weight excluding hydrogens is 995 g/mol. The third kappa shape index (κ3) is 17.8. The van der Waals surface area contributed by atoms with E-state index in [0.717, 1.165) is 48.3 Å². The summed E-state index contributed by atoms with van der Waals surface area (Å²) < 4.78 is 5.89. The van der Waals surface area contributed by atoms with E-state index in [1.165, 1.54) is 62.5 Å². The third-order valence-electron chi connectivity index (χ3n) is 13.9. The van der Waals surface area contributed by atoms with E-state index in [4.69, 9.17) is 4.74 Å². The van der Waals surface area contributed by atoms with Gasteiger partial charge in [-0.2, -0.15) is 0 Å². The van der Waals surface area contributed by atoms with Gasteiger partial charge in [0, 0.05) is 32.7 Å². The van der Waals surface area contributed by atoms with Crippen molar-refractivity contribution in [2.24, 2.45) is 5.92 Å². The van der Waals surface area contributed by atoms with Gasteiger partial charge in [-0.15, -0.1) is 0 Å². The summed E-state index contributed by atoms with van der Waals surface area (Å²) in [6.07, 6.45) is 1.35. The van der Waals surface area contributed by atoms with Gasteiger partial charge in [0.2, 0.25) is 41.4 Å². The average Bonchev–Trinajstić information content (AvgIpc) is 3.39. The summed E-state index contributed by atoms with van der Waals surface area (Å²) in [4.78, 5) is 130. The van der Waals surface area contributed by atoms with E-state index in [-0.39, 0.29) is 50.0 Å². The van der Waals surface area contributed by atoms with Crippen molar-refractivity contribution >= 4 is 53.3 Å². The van der Waals surface area contributed by atoms with Gasteiger partial charge in [0.05, 0.1) is 6.42 Å². The SMILES string of the molecule is CCCCCCCCCC(=O)NC(CC(=O)O)C(=O)NC1C(=O)NC(Cc2ccc(O)cc2)C(=O)NC2CCC(O)N(C2=O)C(Cc2ccccc2)C(=O)N(C)C(Cc2ccc(O)cc2)C(=O)NC(C(C)C)C(=O)OC1C. The van der Waals surface area contributed by atoms with E-state index in [0.29, 0.717) is 23.1 Å². The quantitative estimate of drug-likeness (QED) is 0.0581. The number of amides is 7. The molecule has 0 aromatic heterocycles. The number of piperidine rings is 1. The Morgan fingerprint density at radius 3 is 1.87 bits per heavy atom. The van der Waals surface area contributed by atoms with Crippen LogP contribution in [0.2, 0.25) is 0 Å². The fourth-order valence-corrected chi connectivity index (χ4v) is 9.42. The number of carboxylic acid groups (broad SMARTS) is 1. The number of aliphatic carboxylic acids is 1. The average molecular weight is 1070 g/mol. The van der Waals surface area contributed by atoms with Gasteiger partial charge in [-0.25, -0.2) is 4.79 Å². The minimum atomic E-state index is -1.91. The Labute approximate surface area is 448 Å². The van der Waals surface area contributed by atoms with Gasteiger partial charge in [0.15, 0.2) is 0 Å². The molecule has 5 rings (SSSR count). The highest BCUT2D eigenvalue weighted by molar-refractivity contribution is 5.99. The molecule has 9 unspecified atom stereocenters. The molecular formula is C56H75N7O14. The number of esters is 1. The van der Waals surface area contributed by atoms with E-state index >= 15 is 4.79 Å². The summed E-state index contributed by atoms with van der Waals surface area (Å²) in [5, 5.41) is 54.6. The molecule has 2 saturated heterocycles. The van der Waals surface area contributed by atoms with Crippen LogP contribution < -0.4 is 26.6 Å². The van der Waals surface area contributed by atoms with Gasteiger partial charge < -0.3 is 61.5 Å². The molecule has 9 N–H and O–H groups in total. The molecule has 77 heavy (non-hydrogen) atoms. The van der Waals surface area contributed by atoms with Gasteiger partial charge >= 0.3 is 11.9 Å². The van der Waals surface area contributed by atoms with Crippen molar-refractivity contribution < 1.29 is 68.3 Å². The standard InChI is InChI=1S/C56H75N7O14/c1-6-7-8-9-10-11-15-18-45(66)57-42(32-47(68)69)51(71)61-49-34(4)77-56(76)48(33(2)3)60-52(72)43(30-37-21-25-39(65)26-22-37)62(5)55(75)44(31-35-16-13-12-14-17-35)63-46(67)28-27-40(54(63)74)58-50(70)41(59-53(49)73)29-36-19-23-38(64)24-20-36/h12-14,16-17,19-26,33-34,40-44,46,48-49,64-65,67H,6-11,15,18,27-32H2,1-5H3,(H,57,66)(H,58,70)(H,59,73)(H,60,72)(H,61,71)(H,68,69). The van der Waals surface area contributed by atoms with Gasteiger partial charge in [0.25, 0.3) is 0 Å².